The van der Waals surface area contributed by atoms with Crippen LogP contribution in [-0.4, -0.2) is 34.3 Å². The van der Waals surface area contributed by atoms with Crippen LogP contribution in [0.3, 0.4) is 0 Å². The number of aromatic nitrogens is 1. The number of nitrogens with zero attached hydrogens (tertiary/aromatic N) is 2. The summed E-state index contributed by atoms with van der Waals surface area (Å²) in [6, 6.07) is 3.68. The van der Waals surface area contributed by atoms with Gasteiger partial charge in [0.1, 0.15) is 10.8 Å². The SMILES string of the molecule is CN(CC1(O)CCCC1)c1ncccc1C(N)=S. The lowest BCUT2D eigenvalue weighted by Crippen LogP contribution is -2.40. The Morgan fingerprint density at radius 2 is 2.22 bits per heavy atom. The molecule has 0 bridgehead atoms. The number of nitrogens with two attached hydrogens (primary N) is 1. The van der Waals surface area contributed by atoms with Crippen LogP contribution in [0.25, 0.3) is 0 Å². The summed E-state index contributed by atoms with van der Waals surface area (Å²) in [5.41, 5.74) is 5.86. The van der Waals surface area contributed by atoms with E-state index < -0.39 is 5.60 Å². The van der Waals surface area contributed by atoms with Crippen LogP contribution in [0.4, 0.5) is 5.82 Å². The number of thiocarbonyl (C=S) groups is 1. The van der Waals surface area contributed by atoms with Gasteiger partial charge in [0, 0.05) is 19.8 Å². The van der Waals surface area contributed by atoms with Crippen LogP contribution >= 0.6 is 12.2 Å². The first-order valence-corrected chi connectivity index (χ1v) is 6.61. The van der Waals surface area contributed by atoms with Crippen LogP contribution < -0.4 is 10.6 Å². The summed E-state index contributed by atoms with van der Waals surface area (Å²) < 4.78 is 0. The van der Waals surface area contributed by atoms with E-state index in [-0.39, 0.29) is 0 Å². The van der Waals surface area contributed by atoms with Gasteiger partial charge < -0.3 is 15.7 Å². The molecule has 2 rings (SSSR count). The minimum Gasteiger partial charge on any atom is -0.389 e. The molecule has 0 radical (unpaired) electrons. The fourth-order valence-corrected chi connectivity index (χ4v) is 2.76. The van der Waals surface area contributed by atoms with Crippen molar-refractivity contribution >= 4 is 23.0 Å². The molecule has 0 unspecified atom stereocenters. The van der Waals surface area contributed by atoms with E-state index in [9.17, 15) is 5.11 Å². The molecule has 1 aromatic rings. The molecule has 1 saturated carbocycles. The van der Waals surface area contributed by atoms with E-state index in [1.165, 1.54) is 0 Å². The van der Waals surface area contributed by atoms with Gasteiger partial charge in [-0.1, -0.05) is 25.1 Å². The van der Waals surface area contributed by atoms with Gasteiger partial charge in [-0.25, -0.2) is 4.98 Å². The average molecular weight is 265 g/mol. The zero-order valence-corrected chi connectivity index (χ0v) is 11.4. The van der Waals surface area contributed by atoms with Crippen molar-refractivity contribution in [3.8, 4) is 0 Å². The molecule has 0 spiro atoms. The van der Waals surface area contributed by atoms with E-state index in [4.69, 9.17) is 18.0 Å². The van der Waals surface area contributed by atoms with Gasteiger partial charge in [0.2, 0.25) is 0 Å². The molecule has 18 heavy (non-hydrogen) atoms. The largest absolute Gasteiger partial charge is 0.389 e. The number of hydrogen-bond donors (Lipinski definition) is 2. The van der Waals surface area contributed by atoms with Crippen molar-refractivity contribution < 1.29 is 5.11 Å². The molecule has 1 heterocycles. The zero-order valence-electron chi connectivity index (χ0n) is 10.6. The number of anilines is 1. The van der Waals surface area contributed by atoms with E-state index >= 15 is 0 Å². The molecule has 0 amide bonds. The van der Waals surface area contributed by atoms with Crippen molar-refractivity contribution in [1.82, 2.24) is 4.98 Å². The molecule has 4 nitrogen and oxygen atoms in total. The van der Waals surface area contributed by atoms with E-state index in [2.05, 4.69) is 4.98 Å². The first-order valence-electron chi connectivity index (χ1n) is 6.20. The van der Waals surface area contributed by atoms with Crippen LogP contribution in [-0.2, 0) is 0 Å². The number of rotatable bonds is 4. The molecule has 0 saturated heterocycles. The second-order valence-corrected chi connectivity index (χ2v) is 5.47. The second kappa shape index (κ2) is 5.20. The van der Waals surface area contributed by atoms with Gasteiger partial charge in [-0.2, -0.15) is 0 Å². The summed E-state index contributed by atoms with van der Waals surface area (Å²) in [5, 5.41) is 10.4. The minimum atomic E-state index is -0.597. The number of aliphatic hydroxyl groups is 1. The maximum atomic E-state index is 10.4. The van der Waals surface area contributed by atoms with Gasteiger partial charge >= 0.3 is 0 Å². The first-order chi connectivity index (χ1) is 8.52. The Labute approximate surface area is 113 Å². The lowest BCUT2D eigenvalue weighted by atomic mass is 10.0. The highest BCUT2D eigenvalue weighted by atomic mass is 32.1. The van der Waals surface area contributed by atoms with Crippen LogP contribution in [0.2, 0.25) is 0 Å². The summed E-state index contributed by atoms with van der Waals surface area (Å²) in [7, 11) is 1.92. The summed E-state index contributed by atoms with van der Waals surface area (Å²) in [5.74, 6) is 0.741. The monoisotopic (exact) mass is 265 g/mol. The van der Waals surface area contributed by atoms with E-state index in [0.717, 1.165) is 37.1 Å². The number of pyridine rings is 1. The van der Waals surface area contributed by atoms with E-state index in [0.29, 0.717) is 11.5 Å². The highest BCUT2D eigenvalue weighted by Gasteiger charge is 2.33. The molecule has 0 atom stereocenters. The zero-order chi connectivity index (χ0) is 13.2. The first kappa shape index (κ1) is 13.2. The van der Waals surface area contributed by atoms with Crippen molar-refractivity contribution in [3.63, 3.8) is 0 Å². The lowest BCUT2D eigenvalue weighted by molar-refractivity contribution is 0.0558. The van der Waals surface area contributed by atoms with Crippen molar-refractivity contribution in [3.05, 3.63) is 23.9 Å². The van der Waals surface area contributed by atoms with Gasteiger partial charge in [0.15, 0.2) is 0 Å². The van der Waals surface area contributed by atoms with Gasteiger partial charge in [0.25, 0.3) is 0 Å². The molecule has 1 aromatic heterocycles. The van der Waals surface area contributed by atoms with E-state index in [1.54, 1.807) is 6.20 Å². The molecule has 0 aromatic carbocycles. The Morgan fingerprint density at radius 1 is 1.56 bits per heavy atom. The molecule has 1 aliphatic carbocycles. The molecule has 1 aliphatic rings. The highest BCUT2D eigenvalue weighted by molar-refractivity contribution is 7.80. The fourth-order valence-electron chi connectivity index (χ4n) is 2.60. The van der Waals surface area contributed by atoms with Gasteiger partial charge in [-0.3, -0.25) is 0 Å². The topological polar surface area (TPSA) is 62.4 Å². The van der Waals surface area contributed by atoms with Crippen LogP contribution in [0.1, 0.15) is 31.2 Å². The number of hydrogen-bond acceptors (Lipinski definition) is 4. The Morgan fingerprint density at radius 3 is 2.83 bits per heavy atom. The van der Waals surface area contributed by atoms with Gasteiger partial charge in [0.05, 0.1) is 11.2 Å². The van der Waals surface area contributed by atoms with Crippen LogP contribution in [0, 0.1) is 0 Å². The summed E-state index contributed by atoms with van der Waals surface area (Å²) in [6.45, 7) is 0.569. The maximum absolute atomic E-state index is 10.4. The normalized spacial score (nSPS) is 17.7. The van der Waals surface area contributed by atoms with Crippen molar-refractivity contribution in [2.45, 2.75) is 31.3 Å². The smallest absolute Gasteiger partial charge is 0.138 e. The number of likely N-dealkylation sites (N-methyl/N-ethyl adjacent to an activating group) is 1. The summed E-state index contributed by atoms with van der Waals surface area (Å²) in [6.07, 6.45) is 5.61. The fraction of sp³-hybridized carbons (Fsp3) is 0.538. The Bertz CT molecular complexity index is 444. The minimum absolute atomic E-state index is 0.336. The van der Waals surface area contributed by atoms with Crippen LogP contribution in [0.15, 0.2) is 18.3 Å². The quantitative estimate of drug-likeness (QED) is 0.807. The molecule has 5 heteroatoms. The molecule has 98 valence electrons. The molecular weight excluding hydrogens is 246 g/mol. The molecule has 0 aliphatic heterocycles. The summed E-state index contributed by atoms with van der Waals surface area (Å²) >= 11 is 5.03. The van der Waals surface area contributed by atoms with Crippen molar-refractivity contribution in [2.24, 2.45) is 5.73 Å². The maximum Gasteiger partial charge on any atom is 0.138 e. The van der Waals surface area contributed by atoms with Crippen LogP contribution in [0.5, 0.6) is 0 Å². The third kappa shape index (κ3) is 2.79. The van der Waals surface area contributed by atoms with Crippen molar-refractivity contribution in [2.75, 3.05) is 18.5 Å². The van der Waals surface area contributed by atoms with E-state index in [1.807, 2.05) is 24.1 Å². The molecule has 1 fully saturated rings. The second-order valence-electron chi connectivity index (χ2n) is 5.03. The molecular formula is C13H19N3OS. The third-order valence-electron chi connectivity index (χ3n) is 3.48. The summed E-state index contributed by atoms with van der Waals surface area (Å²) in [4.78, 5) is 6.60. The van der Waals surface area contributed by atoms with Gasteiger partial charge in [-0.15, -0.1) is 0 Å². The molecule has 3 N–H and O–H groups in total. The Hall–Kier alpha value is -1.20. The Balaban J connectivity index is 2.18. The predicted octanol–water partition coefficient (Wildman–Crippen LogP) is 1.46. The highest BCUT2D eigenvalue weighted by Crippen LogP contribution is 2.31. The third-order valence-corrected chi connectivity index (χ3v) is 3.70. The lowest BCUT2D eigenvalue weighted by Gasteiger charge is -2.30. The van der Waals surface area contributed by atoms with Gasteiger partial charge in [-0.05, 0) is 25.0 Å². The average Bonchev–Trinajstić information content (AvgIpc) is 2.75. The predicted molar refractivity (Wildman–Crippen MR) is 76.8 cm³/mol. The Kier molecular flexibility index (Phi) is 3.82. The van der Waals surface area contributed by atoms with Crippen molar-refractivity contribution in [1.29, 1.82) is 0 Å². The standard InChI is InChI=1S/C13H19N3OS/c1-16(9-13(17)6-2-3-7-13)12-10(11(14)18)5-4-8-15-12/h4-5,8,17H,2-3,6-7,9H2,1H3,(H2,14,18).